The van der Waals surface area contributed by atoms with Crippen LogP contribution in [0, 0.1) is 6.92 Å². The first kappa shape index (κ1) is 12.4. The van der Waals surface area contributed by atoms with Gasteiger partial charge in [0.05, 0.1) is 10.9 Å². The fourth-order valence-electron chi connectivity index (χ4n) is 2.69. The minimum atomic E-state index is 0.0554. The van der Waals surface area contributed by atoms with Crippen LogP contribution in [0.15, 0.2) is 36.4 Å². The van der Waals surface area contributed by atoms with E-state index in [4.69, 9.17) is 0 Å². The Hall–Kier alpha value is -1.61. The average Bonchev–Trinajstić information content (AvgIpc) is 2.86. The second kappa shape index (κ2) is 5.17. The largest absolute Gasteiger partial charge is 0.345 e. The van der Waals surface area contributed by atoms with E-state index >= 15 is 0 Å². The van der Waals surface area contributed by atoms with Crippen molar-refractivity contribution < 1.29 is 4.79 Å². The molecule has 1 N–H and O–H groups in total. The van der Waals surface area contributed by atoms with Gasteiger partial charge in [0.1, 0.15) is 0 Å². The fourth-order valence-corrected chi connectivity index (χ4v) is 3.46. The van der Waals surface area contributed by atoms with E-state index in [0.29, 0.717) is 0 Å². The highest BCUT2D eigenvalue weighted by atomic mass is 32.1. The Morgan fingerprint density at radius 3 is 2.89 bits per heavy atom. The zero-order chi connectivity index (χ0) is 13.2. The Bertz CT molecular complexity index is 602. The molecule has 98 valence electrons. The van der Waals surface area contributed by atoms with Crippen LogP contribution in [0.4, 0.5) is 0 Å². The van der Waals surface area contributed by atoms with Gasteiger partial charge in [-0.1, -0.05) is 24.3 Å². The molecule has 19 heavy (non-hydrogen) atoms. The number of hydrogen-bond acceptors (Lipinski definition) is 2. The van der Waals surface area contributed by atoms with Gasteiger partial charge in [0.2, 0.25) is 0 Å². The van der Waals surface area contributed by atoms with E-state index in [1.54, 1.807) is 11.3 Å². The van der Waals surface area contributed by atoms with Crippen molar-refractivity contribution in [3.63, 3.8) is 0 Å². The predicted molar refractivity (Wildman–Crippen MR) is 78.6 cm³/mol. The topological polar surface area (TPSA) is 29.1 Å². The molecular formula is C16H17NOS. The van der Waals surface area contributed by atoms with Gasteiger partial charge in [-0.05, 0) is 49.4 Å². The molecule has 1 aliphatic rings. The van der Waals surface area contributed by atoms with Crippen LogP contribution in [0.5, 0.6) is 0 Å². The predicted octanol–water partition coefficient (Wildman–Crippen LogP) is 3.86. The van der Waals surface area contributed by atoms with Crippen LogP contribution in [0.2, 0.25) is 0 Å². The summed E-state index contributed by atoms with van der Waals surface area (Å²) < 4.78 is 0. The molecule has 0 spiro atoms. The lowest BCUT2D eigenvalue weighted by molar-refractivity contribution is 0.0937. The van der Waals surface area contributed by atoms with Crippen molar-refractivity contribution in [1.82, 2.24) is 5.32 Å². The third-order valence-electron chi connectivity index (χ3n) is 3.64. The molecule has 2 aromatic rings. The molecule has 0 aliphatic heterocycles. The van der Waals surface area contributed by atoms with Crippen molar-refractivity contribution >= 4 is 17.2 Å². The Balaban J connectivity index is 1.79. The minimum Gasteiger partial charge on any atom is -0.345 e. The van der Waals surface area contributed by atoms with Crippen molar-refractivity contribution in [3.05, 3.63) is 57.3 Å². The van der Waals surface area contributed by atoms with Gasteiger partial charge in [-0.2, -0.15) is 0 Å². The van der Waals surface area contributed by atoms with Crippen molar-refractivity contribution in [1.29, 1.82) is 0 Å². The molecule has 1 amide bonds. The summed E-state index contributed by atoms with van der Waals surface area (Å²) in [4.78, 5) is 14.2. The van der Waals surface area contributed by atoms with Gasteiger partial charge in [0.25, 0.3) is 5.91 Å². The van der Waals surface area contributed by atoms with Gasteiger partial charge in [-0.3, -0.25) is 4.79 Å². The maximum atomic E-state index is 12.2. The SMILES string of the molecule is Cc1ccc(C(=O)N[C@@H]2CCCc3ccccc32)s1. The van der Waals surface area contributed by atoms with Crippen molar-refractivity contribution in [2.24, 2.45) is 0 Å². The Morgan fingerprint density at radius 1 is 1.26 bits per heavy atom. The van der Waals surface area contributed by atoms with Crippen LogP contribution < -0.4 is 5.32 Å². The number of amides is 1. The van der Waals surface area contributed by atoms with Gasteiger partial charge in [-0.15, -0.1) is 11.3 Å². The lowest BCUT2D eigenvalue weighted by Crippen LogP contribution is -2.30. The number of aryl methyl sites for hydroxylation is 2. The highest BCUT2D eigenvalue weighted by molar-refractivity contribution is 7.13. The maximum Gasteiger partial charge on any atom is 0.261 e. The number of carbonyl (C=O) groups is 1. The molecule has 0 unspecified atom stereocenters. The van der Waals surface area contributed by atoms with E-state index in [9.17, 15) is 4.79 Å². The number of rotatable bonds is 2. The summed E-state index contributed by atoms with van der Waals surface area (Å²) in [5.41, 5.74) is 2.66. The van der Waals surface area contributed by atoms with Gasteiger partial charge >= 0.3 is 0 Å². The smallest absolute Gasteiger partial charge is 0.261 e. The quantitative estimate of drug-likeness (QED) is 0.882. The van der Waals surface area contributed by atoms with Gasteiger partial charge in [0, 0.05) is 4.88 Å². The zero-order valence-electron chi connectivity index (χ0n) is 11.0. The molecule has 2 nitrogen and oxygen atoms in total. The van der Waals surface area contributed by atoms with Gasteiger partial charge in [-0.25, -0.2) is 0 Å². The second-order valence-electron chi connectivity index (χ2n) is 5.03. The van der Waals surface area contributed by atoms with E-state index in [1.165, 1.54) is 16.0 Å². The average molecular weight is 271 g/mol. The maximum absolute atomic E-state index is 12.2. The van der Waals surface area contributed by atoms with E-state index < -0.39 is 0 Å². The molecule has 0 saturated heterocycles. The van der Waals surface area contributed by atoms with Crippen molar-refractivity contribution in [2.45, 2.75) is 32.2 Å². The van der Waals surface area contributed by atoms with Crippen LogP contribution in [-0.2, 0) is 6.42 Å². The van der Waals surface area contributed by atoms with Gasteiger partial charge < -0.3 is 5.32 Å². The number of carbonyl (C=O) groups excluding carboxylic acids is 1. The fraction of sp³-hybridized carbons (Fsp3) is 0.312. The highest BCUT2D eigenvalue weighted by Gasteiger charge is 2.22. The standard InChI is InChI=1S/C16H17NOS/c1-11-9-10-15(19-11)16(18)17-14-8-4-6-12-5-2-3-7-13(12)14/h2-3,5,7,9-10,14H,4,6,8H2,1H3,(H,17,18)/t14-/m1/s1. The van der Waals surface area contributed by atoms with Crippen LogP contribution in [0.25, 0.3) is 0 Å². The number of fused-ring (bicyclic) bond motifs is 1. The van der Waals surface area contributed by atoms with Gasteiger partial charge in [0.15, 0.2) is 0 Å². The second-order valence-corrected chi connectivity index (χ2v) is 6.32. The molecule has 0 fully saturated rings. The minimum absolute atomic E-state index is 0.0554. The summed E-state index contributed by atoms with van der Waals surface area (Å²) in [7, 11) is 0. The zero-order valence-corrected chi connectivity index (χ0v) is 11.8. The summed E-state index contributed by atoms with van der Waals surface area (Å²) >= 11 is 1.55. The molecule has 3 heteroatoms. The summed E-state index contributed by atoms with van der Waals surface area (Å²) in [6, 6.07) is 12.5. The molecule has 1 atom stereocenters. The molecule has 0 saturated carbocycles. The molecule has 0 bridgehead atoms. The van der Waals surface area contributed by atoms with Crippen molar-refractivity contribution in [2.75, 3.05) is 0 Å². The van der Waals surface area contributed by atoms with Crippen LogP contribution in [0.1, 0.15) is 44.6 Å². The highest BCUT2D eigenvalue weighted by Crippen LogP contribution is 2.30. The monoisotopic (exact) mass is 271 g/mol. The summed E-state index contributed by atoms with van der Waals surface area (Å²) in [5, 5.41) is 3.18. The van der Waals surface area contributed by atoms with Crippen LogP contribution in [0.3, 0.4) is 0 Å². The first-order chi connectivity index (χ1) is 9.24. The van der Waals surface area contributed by atoms with E-state index in [1.807, 2.05) is 19.1 Å². The van der Waals surface area contributed by atoms with Crippen LogP contribution >= 0.6 is 11.3 Å². The Labute approximate surface area is 117 Å². The lowest BCUT2D eigenvalue weighted by Gasteiger charge is -2.26. The molecule has 3 rings (SSSR count). The first-order valence-electron chi connectivity index (χ1n) is 6.69. The number of thiophene rings is 1. The third kappa shape index (κ3) is 2.56. The Kier molecular flexibility index (Phi) is 3.38. The molecule has 1 aliphatic carbocycles. The molecule has 1 heterocycles. The molecular weight excluding hydrogens is 254 g/mol. The number of hydrogen-bond donors (Lipinski definition) is 1. The number of nitrogens with one attached hydrogen (secondary N) is 1. The lowest BCUT2D eigenvalue weighted by atomic mass is 9.88. The molecule has 1 aromatic carbocycles. The normalized spacial score (nSPS) is 17.8. The summed E-state index contributed by atoms with van der Waals surface area (Å²) in [5.74, 6) is 0.0554. The Morgan fingerprint density at radius 2 is 2.11 bits per heavy atom. The summed E-state index contributed by atoms with van der Waals surface area (Å²) in [6.07, 6.45) is 3.30. The van der Waals surface area contributed by atoms with E-state index in [2.05, 4.69) is 29.6 Å². The van der Waals surface area contributed by atoms with Crippen molar-refractivity contribution in [3.8, 4) is 0 Å². The number of benzene rings is 1. The molecule has 1 aromatic heterocycles. The van der Waals surface area contributed by atoms with E-state index in [-0.39, 0.29) is 11.9 Å². The first-order valence-corrected chi connectivity index (χ1v) is 7.51. The van der Waals surface area contributed by atoms with E-state index in [0.717, 1.165) is 24.1 Å². The third-order valence-corrected chi connectivity index (χ3v) is 4.64. The van der Waals surface area contributed by atoms with Crippen LogP contribution in [-0.4, -0.2) is 5.91 Å². The summed E-state index contributed by atoms with van der Waals surface area (Å²) in [6.45, 7) is 2.03. The molecule has 0 radical (unpaired) electrons.